The van der Waals surface area contributed by atoms with Crippen LogP contribution in [0.2, 0.25) is 0 Å². The molecule has 1 aromatic rings. The molecular weight excluding hydrogens is 250 g/mol. The number of carboxylic acid groups (broad SMARTS) is 1. The van der Waals surface area contributed by atoms with Gasteiger partial charge >= 0.3 is 5.97 Å². The highest BCUT2D eigenvalue weighted by Gasteiger charge is 2.26. The fourth-order valence-corrected chi connectivity index (χ4v) is 2.78. The van der Waals surface area contributed by atoms with E-state index in [4.69, 9.17) is 4.74 Å². The molecule has 1 saturated heterocycles. The van der Waals surface area contributed by atoms with Crippen LogP contribution in [0.15, 0.2) is 23.1 Å². The van der Waals surface area contributed by atoms with Gasteiger partial charge in [-0.15, -0.1) is 11.8 Å². The van der Waals surface area contributed by atoms with Crippen molar-refractivity contribution < 1.29 is 14.6 Å². The predicted molar refractivity (Wildman–Crippen MR) is 72.6 cm³/mol. The molecule has 18 heavy (non-hydrogen) atoms. The molecule has 0 saturated carbocycles. The number of hydrogen-bond donors (Lipinski definition) is 2. The molecule has 2 N–H and O–H groups in total. The number of ether oxygens (including phenoxy) is 1. The van der Waals surface area contributed by atoms with Gasteiger partial charge < -0.3 is 15.2 Å². The van der Waals surface area contributed by atoms with Gasteiger partial charge in [-0.05, 0) is 31.7 Å². The van der Waals surface area contributed by atoms with Crippen LogP contribution in [0.1, 0.15) is 23.7 Å². The first kappa shape index (κ1) is 13.2. The molecule has 1 heterocycles. The monoisotopic (exact) mass is 267 g/mol. The van der Waals surface area contributed by atoms with E-state index in [1.165, 1.54) is 11.8 Å². The van der Waals surface area contributed by atoms with Gasteiger partial charge in [-0.25, -0.2) is 4.79 Å². The second kappa shape index (κ2) is 5.63. The Hall–Kier alpha value is -1.20. The normalized spacial score (nSPS) is 23.0. The minimum atomic E-state index is -0.894. The third kappa shape index (κ3) is 2.62. The van der Waals surface area contributed by atoms with Crippen molar-refractivity contribution in [2.24, 2.45) is 0 Å². The lowest BCUT2D eigenvalue weighted by Gasteiger charge is -2.19. The van der Waals surface area contributed by atoms with Crippen molar-refractivity contribution >= 4 is 23.4 Å². The first-order valence-corrected chi connectivity index (χ1v) is 7.14. The van der Waals surface area contributed by atoms with Gasteiger partial charge in [0.25, 0.3) is 0 Å². The minimum absolute atomic E-state index is 0.115. The van der Waals surface area contributed by atoms with E-state index in [1.807, 2.05) is 31.4 Å². The molecule has 0 spiro atoms. The molecule has 1 aromatic carbocycles. The van der Waals surface area contributed by atoms with Crippen LogP contribution in [-0.4, -0.2) is 36.1 Å². The predicted octanol–water partition coefficient (Wildman–Crippen LogP) is 2.70. The maximum absolute atomic E-state index is 11.4. The van der Waals surface area contributed by atoms with Crippen LogP contribution in [0.4, 0.5) is 5.69 Å². The van der Waals surface area contributed by atoms with E-state index in [1.54, 1.807) is 0 Å². The largest absolute Gasteiger partial charge is 0.478 e. The molecule has 1 aliphatic heterocycles. The van der Waals surface area contributed by atoms with Gasteiger partial charge in [-0.2, -0.15) is 0 Å². The highest BCUT2D eigenvalue weighted by Crippen LogP contribution is 2.29. The van der Waals surface area contributed by atoms with E-state index in [-0.39, 0.29) is 12.1 Å². The van der Waals surface area contributed by atoms with E-state index >= 15 is 0 Å². The molecule has 0 aromatic heterocycles. The summed E-state index contributed by atoms with van der Waals surface area (Å²) in [5.74, 6) is -0.894. The van der Waals surface area contributed by atoms with E-state index in [2.05, 4.69) is 5.32 Å². The topological polar surface area (TPSA) is 58.6 Å². The highest BCUT2D eigenvalue weighted by atomic mass is 32.2. The first-order valence-electron chi connectivity index (χ1n) is 5.92. The summed E-state index contributed by atoms with van der Waals surface area (Å²) in [6.45, 7) is 2.73. The zero-order valence-corrected chi connectivity index (χ0v) is 11.3. The highest BCUT2D eigenvalue weighted by molar-refractivity contribution is 7.98. The van der Waals surface area contributed by atoms with E-state index < -0.39 is 5.97 Å². The lowest BCUT2D eigenvalue weighted by Crippen LogP contribution is -2.27. The molecule has 2 atom stereocenters. The zero-order chi connectivity index (χ0) is 13.1. The Labute approximate surface area is 111 Å². The summed E-state index contributed by atoms with van der Waals surface area (Å²) in [6, 6.07) is 5.70. The minimum Gasteiger partial charge on any atom is -0.478 e. The number of hydrogen-bond acceptors (Lipinski definition) is 4. The van der Waals surface area contributed by atoms with Gasteiger partial charge in [0.2, 0.25) is 0 Å². The average Bonchev–Trinajstić information content (AvgIpc) is 2.74. The molecular formula is C13H17NO3S. The van der Waals surface area contributed by atoms with E-state index in [9.17, 15) is 9.90 Å². The number of aromatic carboxylic acids is 1. The molecule has 4 nitrogen and oxygen atoms in total. The maximum Gasteiger partial charge on any atom is 0.338 e. The van der Waals surface area contributed by atoms with E-state index in [0.29, 0.717) is 11.3 Å². The lowest BCUT2D eigenvalue weighted by atomic mass is 10.1. The van der Waals surface area contributed by atoms with Gasteiger partial charge in [0.15, 0.2) is 0 Å². The van der Waals surface area contributed by atoms with Crippen molar-refractivity contribution in [1.82, 2.24) is 0 Å². The Kier molecular flexibility index (Phi) is 4.14. The quantitative estimate of drug-likeness (QED) is 0.821. The summed E-state index contributed by atoms with van der Waals surface area (Å²) in [7, 11) is 0. The maximum atomic E-state index is 11.4. The van der Waals surface area contributed by atoms with Crippen molar-refractivity contribution in [3.63, 3.8) is 0 Å². The van der Waals surface area contributed by atoms with Crippen LogP contribution < -0.4 is 5.32 Å². The van der Waals surface area contributed by atoms with Crippen LogP contribution in [0.25, 0.3) is 0 Å². The number of anilines is 1. The Morgan fingerprint density at radius 3 is 2.89 bits per heavy atom. The summed E-state index contributed by atoms with van der Waals surface area (Å²) in [6.07, 6.45) is 2.90. The number of carboxylic acids is 1. The zero-order valence-electron chi connectivity index (χ0n) is 10.5. The number of benzene rings is 1. The summed E-state index contributed by atoms with van der Waals surface area (Å²) < 4.78 is 5.48. The Morgan fingerprint density at radius 1 is 1.56 bits per heavy atom. The standard InChI is InChI=1S/C13H17NO3S/c1-8-9(6-7-17-8)14-10-4-3-5-11(18-2)12(10)13(15)16/h3-5,8-9,14H,6-7H2,1-2H3,(H,15,16). The summed E-state index contributed by atoms with van der Waals surface area (Å²) in [5, 5.41) is 12.6. The Bertz CT molecular complexity index is 450. The van der Waals surface area contributed by atoms with E-state index in [0.717, 1.165) is 17.9 Å². The van der Waals surface area contributed by atoms with Crippen molar-refractivity contribution in [3.8, 4) is 0 Å². The van der Waals surface area contributed by atoms with Gasteiger partial charge in [0.1, 0.15) is 0 Å². The summed E-state index contributed by atoms with van der Waals surface area (Å²) >= 11 is 1.44. The smallest absolute Gasteiger partial charge is 0.338 e. The molecule has 1 aliphatic rings. The van der Waals surface area contributed by atoms with Crippen LogP contribution in [0.5, 0.6) is 0 Å². The van der Waals surface area contributed by atoms with Crippen molar-refractivity contribution in [2.45, 2.75) is 30.4 Å². The fraction of sp³-hybridized carbons (Fsp3) is 0.462. The third-order valence-electron chi connectivity index (χ3n) is 3.18. The van der Waals surface area contributed by atoms with Crippen LogP contribution in [0, 0.1) is 0 Å². The van der Waals surface area contributed by atoms with Gasteiger partial charge in [0.05, 0.1) is 23.4 Å². The number of thioether (sulfide) groups is 1. The molecule has 2 unspecified atom stereocenters. The number of nitrogens with one attached hydrogen (secondary N) is 1. The molecule has 1 fully saturated rings. The molecule has 2 rings (SSSR count). The van der Waals surface area contributed by atoms with Gasteiger partial charge in [-0.3, -0.25) is 0 Å². The third-order valence-corrected chi connectivity index (χ3v) is 3.96. The molecule has 0 bridgehead atoms. The molecule has 5 heteroatoms. The summed E-state index contributed by atoms with van der Waals surface area (Å²) in [5.41, 5.74) is 1.03. The second-order valence-electron chi connectivity index (χ2n) is 4.30. The van der Waals surface area contributed by atoms with Crippen molar-refractivity contribution in [3.05, 3.63) is 23.8 Å². The SMILES string of the molecule is CSc1cccc(NC2CCOC2C)c1C(=O)O. The molecule has 0 amide bonds. The Balaban J connectivity index is 2.29. The first-order chi connectivity index (χ1) is 8.63. The molecule has 0 aliphatic carbocycles. The van der Waals surface area contributed by atoms with Gasteiger partial charge in [-0.1, -0.05) is 6.07 Å². The summed E-state index contributed by atoms with van der Waals surface area (Å²) in [4.78, 5) is 12.1. The van der Waals surface area contributed by atoms with Gasteiger partial charge in [0, 0.05) is 11.5 Å². The average molecular weight is 267 g/mol. The second-order valence-corrected chi connectivity index (χ2v) is 5.15. The molecule has 0 radical (unpaired) electrons. The number of rotatable bonds is 4. The molecule has 98 valence electrons. The Morgan fingerprint density at radius 2 is 2.33 bits per heavy atom. The van der Waals surface area contributed by atoms with Crippen LogP contribution in [-0.2, 0) is 4.74 Å². The fourth-order valence-electron chi connectivity index (χ4n) is 2.16. The van der Waals surface area contributed by atoms with Crippen molar-refractivity contribution in [1.29, 1.82) is 0 Å². The lowest BCUT2D eigenvalue weighted by molar-refractivity contribution is 0.0694. The van der Waals surface area contributed by atoms with Crippen LogP contribution >= 0.6 is 11.8 Å². The number of carbonyl (C=O) groups is 1. The van der Waals surface area contributed by atoms with Crippen molar-refractivity contribution in [2.75, 3.05) is 18.2 Å². The van der Waals surface area contributed by atoms with Crippen LogP contribution in [0.3, 0.4) is 0 Å².